The van der Waals surface area contributed by atoms with E-state index in [0.717, 1.165) is 5.48 Å². The van der Waals surface area contributed by atoms with Crippen molar-refractivity contribution in [3.63, 3.8) is 0 Å². The average Bonchev–Trinajstić information content (AvgIpc) is 2.19. The predicted octanol–water partition coefficient (Wildman–Crippen LogP) is 2.10. The first-order valence-electron chi connectivity index (χ1n) is 3.78. The van der Waals surface area contributed by atoms with Gasteiger partial charge in [0, 0.05) is 0 Å². The Hall–Kier alpha value is -1.70. The highest BCUT2D eigenvalue weighted by atomic mass is 19.4. The van der Waals surface area contributed by atoms with Crippen molar-refractivity contribution in [2.24, 2.45) is 0 Å². The summed E-state index contributed by atoms with van der Waals surface area (Å²) in [5.74, 6) is -5.36. The molecule has 88 valence electrons. The molecule has 0 aromatic heterocycles. The fourth-order valence-corrected chi connectivity index (χ4v) is 1.06. The zero-order valence-corrected chi connectivity index (χ0v) is 7.40. The summed E-state index contributed by atoms with van der Waals surface area (Å²) in [6.07, 6.45) is -5.03. The van der Waals surface area contributed by atoms with E-state index in [-0.39, 0.29) is 12.1 Å². The summed E-state index contributed by atoms with van der Waals surface area (Å²) in [5, 5.41) is 8.14. The van der Waals surface area contributed by atoms with E-state index < -0.39 is 34.8 Å². The third-order valence-electron chi connectivity index (χ3n) is 1.73. The number of hydrogen-bond acceptors (Lipinski definition) is 2. The number of benzene rings is 1. The smallest absolute Gasteiger partial charge is 0.288 e. The average molecular weight is 241 g/mol. The van der Waals surface area contributed by atoms with Crippen molar-refractivity contribution >= 4 is 5.91 Å². The van der Waals surface area contributed by atoms with Gasteiger partial charge < -0.3 is 0 Å². The second kappa shape index (κ2) is 4.05. The van der Waals surface area contributed by atoms with Crippen LogP contribution in [0.15, 0.2) is 12.1 Å². The Bertz CT molecular complexity index is 429. The van der Waals surface area contributed by atoms with E-state index in [1.54, 1.807) is 0 Å². The number of halogens is 5. The second-order valence-electron chi connectivity index (χ2n) is 2.72. The molecule has 0 spiro atoms. The first-order chi connectivity index (χ1) is 7.29. The predicted molar refractivity (Wildman–Crippen MR) is 40.6 cm³/mol. The third-order valence-corrected chi connectivity index (χ3v) is 1.73. The van der Waals surface area contributed by atoms with E-state index >= 15 is 0 Å². The molecular weight excluding hydrogens is 237 g/mol. The molecular formula is C8H4F5NO2. The van der Waals surface area contributed by atoms with Crippen molar-refractivity contribution in [3.8, 4) is 0 Å². The van der Waals surface area contributed by atoms with Gasteiger partial charge in [-0.25, -0.2) is 14.3 Å². The van der Waals surface area contributed by atoms with Gasteiger partial charge in [-0.3, -0.25) is 10.0 Å². The molecule has 1 aromatic rings. The molecule has 0 aliphatic carbocycles. The Labute approximate surface area is 85.4 Å². The lowest BCUT2D eigenvalue weighted by Crippen LogP contribution is -2.25. The normalized spacial score (nSPS) is 11.4. The molecule has 0 radical (unpaired) electrons. The van der Waals surface area contributed by atoms with E-state index in [9.17, 15) is 26.7 Å². The van der Waals surface area contributed by atoms with Crippen molar-refractivity contribution in [3.05, 3.63) is 34.9 Å². The van der Waals surface area contributed by atoms with Crippen molar-refractivity contribution in [2.45, 2.75) is 6.18 Å². The highest BCUT2D eigenvalue weighted by molar-refractivity contribution is 5.95. The zero-order valence-electron chi connectivity index (χ0n) is 7.40. The van der Waals surface area contributed by atoms with Gasteiger partial charge in [0.2, 0.25) is 0 Å². The molecule has 16 heavy (non-hydrogen) atoms. The molecule has 1 aromatic carbocycles. The van der Waals surface area contributed by atoms with Crippen LogP contribution in [0.25, 0.3) is 0 Å². The van der Waals surface area contributed by atoms with Gasteiger partial charge in [-0.15, -0.1) is 0 Å². The van der Waals surface area contributed by atoms with Crippen LogP contribution in [-0.4, -0.2) is 11.1 Å². The molecule has 0 bridgehead atoms. The molecule has 0 atom stereocenters. The molecule has 0 fully saturated rings. The summed E-state index contributed by atoms with van der Waals surface area (Å²) < 4.78 is 62.5. The largest absolute Gasteiger partial charge is 0.417 e. The molecule has 0 aliphatic rings. The number of hydroxylamine groups is 1. The fourth-order valence-electron chi connectivity index (χ4n) is 1.06. The van der Waals surface area contributed by atoms with Crippen molar-refractivity contribution in [1.29, 1.82) is 0 Å². The number of carbonyl (C=O) groups is 1. The fraction of sp³-hybridized carbons (Fsp3) is 0.125. The first-order valence-corrected chi connectivity index (χ1v) is 3.78. The maximum atomic E-state index is 13.0. The Kier molecular flexibility index (Phi) is 3.13. The van der Waals surface area contributed by atoms with Crippen molar-refractivity contribution < 1.29 is 32.0 Å². The zero-order chi connectivity index (χ0) is 12.5. The van der Waals surface area contributed by atoms with Crippen LogP contribution in [0.5, 0.6) is 0 Å². The van der Waals surface area contributed by atoms with Crippen LogP contribution in [0.3, 0.4) is 0 Å². The van der Waals surface area contributed by atoms with Gasteiger partial charge in [-0.1, -0.05) is 0 Å². The van der Waals surface area contributed by atoms with Crippen LogP contribution >= 0.6 is 0 Å². The minimum atomic E-state index is -5.03. The summed E-state index contributed by atoms with van der Waals surface area (Å²) in [5.41, 5.74) is -2.44. The maximum Gasteiger partial charge on any atom is 0.417 e. The molecule has 0 unspecified atom stereocenters. The molecule has 1 rings (SSSR count). The number of alkyl halides is 3. The van der Waals surface area contributed by atoms with E-state index in [4.69, 9.17) is 5.21 Å². The van der Waals surface area contributed by atoms with E-state index in [2.05, 4.69) is 0 Å². The minimum absolute atomic E-state index is 0.211. The Morgan fingerprint density at radius 2 is 1.81 bits per heavy atom. The number of rotatable bonds is 1. The number of carbonyl (C=O) groups excluding carboxylic acids is 1. The van der Waals surface area contributed by atoms with Crippen LogP contribution in [0, 0.1) is 11.6 Å². The summed E-state index contributed by atoms with van der Waals surface area (Å²) in [4.78, 5) is 10.8. The molecule has 2 N–H and O–H groups in total. The maximum absolute atomic E-state index is 13.0. The first kappa shape index (κ1) is 12.4. The molecule has 0 heterocycles. The quantitative estimate of drug-likeness (QED) is 0.449. The van der Waals surface area contributed by atoms with Crippen molar-refractivity contribution in [2.75, 3.05) is 0 Å². The minimum Gasteiger partial charge on any atom is -0.288 e. The number of hydrogen-bond donors (Lipinski definition) is 2. The van der Waals surface area contributed by atoms with Gasteiger partial charge in [-0.2, -0.15) is 13.2 Å². The monoisotopic (exact) mass is 241 g/mol. The third kappa shape index (κ3) is 2.11. The lowest BCUT2D eigenvalue weighted by Gasteiger charge is -2.12. The second-order valence-corrected chi connectivity index (χ2v) is 2.72. The Morgan fingerprint density at radius 3 is 2.25 bits per heavy atom. The summed E-state index contributed by atoms with van der Waals surface area (Å²) in [6, 6.07) is 0.454. The van der Waals surface area contributed by atoms with Crippen LogP contribution in [0.2, 0.25) is 0 Å². The molecule has 8 heteroatoms. The van der Waals surface area contributed by atoms with Crippen LogP contribution in [-0.2, 0) is 6.18 Å². The molecule has 3 nitrogen and oxygen atoms in total. The van der Waals surface area contributed by atoms with Gasteiger partial charge in [0.15, 0.2) is 11.6 Å². The van der Waals surface area contributed by atoms with Crippen LogP contribution < -0.4 is 5.48 Å². The summed E-state index contributed by atoms with van der Waals surface area (Å²) >= 11 is 0. The standard InChI is InChI=1S/C8H4F5NO2/c9-4-2-1-3(8(11,12)13)5(6(4)10)7(15)14-16/h1-2,16H,(H,14,15). The summed E-state index contributed by atoms with van der Waals surface area (Å²) in [7, 11) is 0. The highest BCUT2D eigenvalue weighted by Crippen LogP contribution is 2.33. The molecule has 0 saturated carbocycles. The number of nitrogens with one attached hydrogen (secondary N) is 1. The molecule has 1 amide bonds. The Balaban J connectivity index is 3.51. The SMILES string of the molecule is O=C(NO)c1c(C(F)(F)F)ccc(F)c1F. The van der Waals surface area contributed by atoms with Gasteiger partial charge in [-0.05, 0) is 12.1 Å². The molecule has 0 saturated heterocycles. The van der Waals surface area contributed by atoms with Crippen molar-refractivity contribution in [1.82, 2.24) is 5.48 Å². The van der Waals surface area contributed by atoms with E-state index in [0.29, 0.717) is 0 Å². The Morgan fingerprint density at radius 1 is 1.25 bits per heavy atom. The lowest BCUT2D eigenvalue weighted by molar-refractivity contribution is -0.138. The van der Waals surface area contributed by atoms with Gasteiger partial charge in [0.05, 0.1) is 11.1 Å². The van der Waals surface area contributed by atoms with E-state index in [1.165, 1.54) is 0 Å². The topological polar surface area (TPSA) is 49.3 Å². The molecule has 0 aliphatic heterocycles. The van der Waals surface area contributed by atoms with Crippen LogP contribution in [0.1, 0.15) is 15.9 Å². The number of amides is 1. The summed E-state index contributed by atoms with van der Waals surface area (Å²) in [6.45, 7) is 0. The van der Waals surface area contributed by atoms with Gasteiger partial charge in [0.1, 0.15) is 0 Å². The van der Waals surface area contributed by atoms with Gasteiger partial charge >= 0.3 is 6.18 Å². The lowest BCUT2D eigenvalue weighted by atomic mass is 10.1. The van der Waals surface area contributed by atoms with E-state index in [1.807, 2.05) is 0 Å². The van der Waals surface area contributed by atoms with Crippen LogP contribution in [0.4, 0.5) is 22.0 Å². The van der Waals surface area contributed by atoms with Gasteiger partial charge in [0.25, 0.3) is 5.91 Å². The highest BCUT2D eigenvalue weighted by Gasteiger charge is 2.37.